The molecule has 2 atom stereocenters. The van der Waals surface area contributed by atoms with Gasteiger partial charge in [0.05, 0.1) is 5.38 Å². The van der Waals surface area contributed by atoms with E-state index in [4.69, 9.17) is 11.6 Å². The third kappa shape index (κ3) is 4.64. The summed E-state index contributed by atoms with van der Waals surface area (Å²) in [7, 11) is 1.88. The van der Waals surface area contributed by atoms with Crippen molar-refractivity contribution in [2.75, 3.05) is 12.8 Å². The minimum Gasteiger partial charge on any atom is -0.341 e. The minimum atomic E-state index is -0.598. The van der Waals surface area contributed by atoms with Crippen molar-refractivity contribution in [2.45, 2.75) is 61.9 Å². The molecule has 0 saturated heterocycles. The van der Waals surface area contributed by atoms with Crippen LogP contribution in [-0.4, -0.2) is 40.0 Å². The molecule has 1 aliphatic heterocycles. The van der Waals surface area contributed by atoms with E-state index in [1.54, 1.807) is 11.8 Å². The minimum absolute atomic E-state index is 0.0975. The van der Waals surface area contributed by atoms with Crippen LogP contribution in [0.5, 0.6) is 0 Å². The van der Waals surface area contributed by atoms with Crippen molar-refractivity contribution in [3.05, 3.63) is 0 Å². The molecule has 0 spiro atoms. The molecule has 2 rings (SSSR count). The maximum atomic E-state index is 12.2. The number of carbonyl (C=O) groups is 1. The summed E-state index contributed by atoms with van der Waals surface area (Å²) >= 11 is 7.90. The molecule has 6 nitrogen and oxygen atoms in total. The largest absolute Gasteiger partial charge is 0.341 e. The lowest BCUT2D eigenvalue weighted by Crippen LogP contribution is -2.44. The average molecular weight is 332 g/mol. The summed E-state index contributed by atoms with van der Waals surface area (Å²) in [6.45, 7) is 1.87. The standard InChI is InChI=1S/C13H22ClN5OS/c1-13(15-17-18-16-13)21-9-5-8-12(20)19(2)11-7-4-3-6-10(11)14/h10-11H,3-9H2,1-2H3. The molecule has 8 heteroatoms. The highest BCUT2D eigenvalue weighted by molar-refractivity contribution is 8.00. The van der Waals surface area contributed by atoms with Gasteiger partial charge in [0.1, 0.15) is 0 Å². The number of alkyl halides is 1. The van der Waals surface area contributed by atoms with Crippen molar-refractivity contribution >= 4 is 29.3 Å². The molecule has 1 aliphatic carbocycles. The maximum absolute atomic E-state index is 12.2. The molecular formula is C13H22ClN5OS. The molecule has 1 fully saturated rings. The van der Waals surface area contributed by atoms with E-state index in [-0.39, 0.29) is 17.3 Å². The van der Waals surface area contributed by atoms with E-state index in [2.05, 4.69) is 20.7 Å². The summed E-state index contributed by atoms with van der Waals surface area (Å²) in [5.74, 6) is 0.983. The first-order valence-corrected chi connectivity index (χ1v) is 8.82. The molecule has 0 aromatic carbocycles. The predicted molar refractivity (Wildman–Crippen MR) is 84.5 cm³/mol. The van der Waals surface area contributed by atoms with Crippen molar-refractivity contribution < 1.29 is 4.79 Å². The molecule has 1 heterocycles. The number of hydrogen-bond donors (Lipinski definition) is 0. The van der Waals surface area contributed by atoms with Crippen molar-refractivity contribution in [2.24, 2.45) is 20.7 Å². The Morgan fingerprint density at radius 2 is 2.00 bits per heavy atom. The zero-order valence-electron chi connectivity index (χ0n) is 12.5. The smallest absolute Gasteiger partial charge is 0.237 e. The van der Waals surface area contributed by atoms with Crippen molar-refractivity contribution in [3.8, 4) is 0 Å². The molecule has 2 unspecified atom stereocenters. The predicted octanol–water partition coefficient (Wildman–Crippen LogP) is 4.01. The summed E-state index contributed by atoms with van der Waals surface area (Å²) in [6.07, 6.45) is 5.70. The summed E-state index contributed by atoms with van der Waals surface area (Å²) < 4.78 is 0. The van der Waals surface area contributed by atoms with Gasteiger partial charge in [-0.3, -0.25) is 4.79 Å². The van der Waals surface area contributed by atoms with Gasteiger partial charge in [-0.1, -0.05) is 12.8 Å². The fourth-order valence-corrected chi connectivity index (χ4v) is 3.95. The lowest BCUT2D eigenvalue weighted by molar-refractivity contribution is -0.132. The summed E-state index contributed by atoms with van der Waals surface area (Å²) in [5.41, 5.74) is 0. The molecule has 1 amide bonds. The quantitative estimate of drug-likeness (QED) is 0.545. The number of carbonyl (C=O) groups excluding carboxylic acids is 1. The van der Waals surface area contributed by atoms with Gasteiger partial charge in [-0.2, -0.15) is 0 Å². The van der Waals surface area contributed by atoms with E-state index < -0.39 is 4.99 Å². The Hall–Kier alpha value is -0.690. The molecule has 21 heavy (non-hydrogen) atoms. The van der Waals surface area contributed by atoms with Crippen LogP contribution in [0.25, 0.3) is 0 Å². The van der Waals surface area contributed by atoms with Crippen molar-refractivity contribution in [1.29, 1.82) is 0 Å². The topological polar surface area (TPSA) is 69.8 Å². The van der Waals surface area contributed by atoms with Crippen LogP contribution in [0.4, 0.5) is 0 Å². The van der Waals surface area contributed by atoms with E-state index in [9.17, 15) is 4.79 Å². The SMILES string of the molecule is CN(C(=O)CCCSC1(C)N=NN=N1)C1CCCCC1Cl. The molecule has 0 aromatic heterocycles. The van der Waals surface area contributed by atoms with Gasteiger partial charge < -0.3 is 4.90 Å². The van der Waals surface area contributed by atoms with Crippen LogP contribution in [-0.2, 0) is 4.79 Å². The first kappa shape index (κ1) is 16.7. The number of halogens is 1. The van der Waals surface area contributed by atoms with E-state index in [1.165, 1.54) is 6.42 Å². The van der Waals surface area contributed by atoms with Crippen LogP contribution < -0.4 is 0 Å². The average Bonchev–Trinajstić information content (AvgIpc) is 2.90. The second kappa shape index (κ2) is 7.54. The van der Waals surface area contributed by atoms with Crippen LogP contribution in [0, 0.1) is 0 Å². The Bertz CT molecular complexity index is 419. The molecular weight excluding hydrogens is 310 g/mol. The Balaban J connectivity index is 1.69. The molecule has 2 aliphatic rings. The molecule has 0 N–H and O–H groups in total. The lowest BCUT2D eigenvalue weighted by Gasteiger charge is -2.35. The third-order valence-electron chi connectivity index (χ3n) is 3.95. The highest BCUT2D eigenvalue weighted by Crippen LogP contribution is 2.33. The van der Waals surface area contributed by atoms with Gasteiger partial charge >= 0.3 is 0 Å². The van der Waals surface area contributed by atoms with Gasteiger partial charge in [0.25, 0.3) is 0 Å². The van der Waals surface area contributed by atoms with Crippen molar-refractivity contribution in [1.82, 2.24) is 4.90 Å². The lowest BCUT2D eigenvalue weighted by atomic mass is 9.93. The van der Waals surface area contributed by atoms with E-state index in [0.717, 1.165) is 31.4 Å². The van der Waals surface area contributed by atoms with Gasteiger partial charge in [-0.25, -0.2) is 0 Å². The third-order valence-corrected chi connectivity index (χ3v) is 5.66. The van der Waals surface area contributed by atoms with Gasteiger partial charge in [0.15, 0.2) is 0 Å². The number of hydrogen-bond acceptors (Lipinski definition) is 6. The van der Waals surface area contributed by atoms with Crippen LogP contribution in [0.3, 0.4) is 0 Å². The maximum Gasteiger partial charge on any atom is 0.237 e. The zero-order valence-corrected chi connectivity index (χ0v) is 14.1. The molecule has 1 saturated carbocycles. The Kier molecular flexibility index (Phi) is 5.98. The molecule has 0 aromatic rings. The van der Waals surface area contributed by atoms with Crippen LogP contribution in [0.2, 0.25) is 0 Å². The van der Waals surface area contributed by atoms with E-state index in [1.807, 2.05) is 18.9 Å². The first-order chi connectivity index (χ1) is 10.0. The van der Waals surface area contributed by atoms with Gasteiger partial charge in [-0.05, 0) is 42.4 Å². The first-order valence-electron chi connectivity index (χ1n) is 7.39. The molecule has 0 radical (unpaired) electrons. The Morgan fingerprint density at radius 1 is 1.33 bits per heavy atom. The summed E-state index contributed by atoms with van der Waals surface area (Å²) in [6, 6.07) is 0.190. The molecule has 118 valence electrons. The molecule has 0 bridgehead atoms. The second-order valence-electron chi connectivity index (χ2n) is 5.64. The Labute approximate surface area is 134 Å². The van der Waals surface area contributed by atoms with Crippen LogP contribution >= 0.6 is 23.4 Å². The van der Waals surface area contributed by atoms with E-state index in [0.29, 0.717) is 6.42 Å². The van der Waals surface area contributed by atoms with Crippen LogP contribution in [0.1, 0.15) is 45.4 Å². The second-order valence-corrected chi connectivity index (χ2v) is 7.67. The number of thioether (sulfide) groups is 1. The Morgan fingerprint density at radius 3 is 2.67 bits per heavy atom. The van der Waals surface area contributed by atoms with Gasteiger partial charge in [0, 0.05) is 19.5 Å². The zero-order chi connectivity index (χ0) is 15.3. The number of rotatable bonds is 6. The summed E-state index contributed by atoms with van der Waals surface area (Å²) in [4.78, 5) is 13.5. The van der Waals surface area contributed by atoms with Gasteiger partial charge in [-0.15, -0.1) is 33.6 Å². The number of nitrogens with zero attached hydrogens (tertiary/aromatic N) is 5. The monoisotopic (exact) mass is 331 g/mol. The van der Waals surface area contributed by atoms with Crippen LogP contribution in [0.15, 0.2) is 20.7 Å². The highest BCUT2D eigenvalue weighted by atomic mass is 35.5. The highest BCUT2D eigenvalue weighted by Gasteiger charge is 2.30. The fourth-order valence-electron chi connectivity index (χ4n) is 2.64. The normalized spacial score (nSPS) is 27.0. The van der Waals surface area contributed by atoms with Crippen molar-refractivity contribution in [3.63, 3.8) is 0 Å². The van der Waals surface area contributed by atoms with E-state index >= 15 is 0 Å². The summed E-state index contributed by atoms with van der Waals surface area (Å²) in [5, 5.41) is 15.0. The fraction of sp³-hybridized carbons (Fsp3) is 0.923. The van der Waals surface area contributed by atoms with Gasteiger partial charge in [0.2, 0.25) is 10.9 Å². The number of amides is 1.